The number of aliphatic carboxylic acids is 1. The predicted octanol–water partition coefficient (Wildman–Crippen LogP) is 7.32. The molecule has 0 aromatic heterocycles. The van der Waals surface area contributed by atoms with E-state index in [-0.39, 0.29) is 0 Å². The summed E-state index contributed by atoms with van der Waals surface area (Å²) in [6, 6.07) is 0. The summed E-state index contributed by atoms with van der Waals surface area (Å²) in [6.45, 7) is 11.7. The molecule has 0 bridgehead atoms. The van der Waals surface area contributed by atoms with Gasteiger partial charge in [-0.1, -0.05) is 92.4 Å². The minimum absolute atomic E-state index is 0.327. The Morgan fingerprint density at radius 2 is 1.17 bits per heavy atom. The van der Waals surface area contributed by atoms with Crippen LogP contribution in [0.1, 0.15) is 112 Å². The lowest BCUT2D eigenvalue weighted by molar-refractivity contribution is -0.137. The fourth-order valence-electron chi connectivity index (χ4n) is 3.71. The van der Waals surface area contributed by atoms with Gasteiger partial charge in [-0.15, -0.1) is 0 Å². The van der Waals surface area contributed by atoms with Gasteiger partial charge in [-0.25, -0.2) is 0 Å². The van der Waals surface area contributed by atoms with Crippen LogP contribution >= 0.6 is 0 Å². The molecule has 0 saturated heterocycles. The standard InChI is InChI=1S/C22H44O2/c1-18(2)11-9-14-19(3)12-7-6-8-13-20(4)17-21(5)15-10-16-22(23)24/h18-21H,6-17H2,1-5H3,(H,23,24). The van der Waals surface area contributed by atoms with Crippen LogP contribution in [0.15, 0.2) is 0 Å². The number of carboxylic acids is 1. The SMILES string of the molecule is CC(C)CCCC(C)CCCCCC(C)CC(C)CCCC(=O)O. The van der Waals surface area contributed by atoms with Gasteiger partial charge in [0, 0.05) is 6.42 Å². The van der Waals surface area contributed by atoms with Crippen molar-refractivity contribution < 1.29 is 9.90 Å². The Labute approximate surface area is 151 Å². The molecule has 0 aromatic carbocycles. The molecule has 0 heterocycles. The molecule has 0 spiro atoms. The predicted molar refractivity (Wildman–Crippen MR) is 105 cm³/mol. The average Bonchev–Trinajstić information content (AvgIpc) is 2.45. The third-order valence-electron chi connectivity index (χ3n) is 5.26. The monoisotopic (exact) mass is 340 g/mol. The first-order valence-corrected chi connectivity index (χ1v) is 10.5. The second-order valence-corrected chi connectivity index (χ2v) is 8.80. The van der Waals surface area contributed by atoms with Crippen LogP contribution in [0.25, 0.3) is 0 Å². The van der Waals surface area contributed by atoms with E-state index in [1.807, 2.05) is 0 Å². The number of unbranched alkanes of at least 4 members (excludes halogenated alkanes) is 2. The van der Waals surface area contributed by atoms with E-state index in [9.17, 15) is 4.79 Å². The third-order valence-corrected chi connectivity index (χ3v) is 5.26. The number of carboxylic acid groups (broad SMARTS) is 1. The Balaban J connectivity index is 3.50. The molecule has 2 heteroatoms. The van der Waals surface area contributed by atoms with Crippen molar-refractivity contribution in [2.45, 2.75) is 112 Å². The number of carbonyl (C=O) groups is 1. The molecule has 0 saturated carbocycles. The molecule has 0 aliphatic carbocycles. The van der Waals surface area contributed by atoms with E-state index >= 15 is 0 Å². The lowest BCUT2D eigenvalue weighted by Crippen LogP contribution is -2.05. The van der Waals surface area contributed by atoms with Crippen molar-refractivity contribution in [1.29, 1.82) is 0 Å². The highest BCUT2D eigenvalue weighted by atomic mass is 16.4. The molecule has 2 nitrogen and oxygen atoms in total. The molecule has 0 aromatic rings. The van der Waals surface area contributed by atoms with Gasteiger partial charge in [0.15, 0.2) is 0 Å². The van der Waals surface area contributed by atoms with Crippen LogP contribution in [0.4, 0.5) is 0 Å². The lowest BCUT2D eigenvalue weighted by Gasteiger charge is -2.17. The van der Waals surface area contributed by atoms with Gasteiger partial charge in [-0.2, -0.15) is 0 Å². The second kappa shape index (κ2) is 14.8. The summed E-state index contributed by atoms with van der Waals surface area (Å²) < 4.78 is 0. The van der Waals surface area contributed by atoms with Gasteiger partial charge in [-0.05, 0) is 36.5 Å². The van der Waals surface area contributed by atoms with Gasteiger partial charge >= 0.3 is 5.97 Å². The van der Waals surface area contributed by atoms with Gasteiger partial charge in [0.05, 0.1) is 0 Å². The van der Waals surface area contributed by atoms with Crippen molar-refractivity contribution in [2.24, 2.45) is 23.7 Å². The van der Waals surface area contributed by atoms with Gasteiger partial charge in [0.1, 0.15) is 0 Å². The van der Waals surface area contributed by atoms with E-state index in [1.54, 1.807) is 0 Å². The first-order chi connectivity index (χ1) is 11.3. The molecule has 1 N–H and O–H groups in total. The molecule has 0 aliphatic heterocycles. The van der Waals surface area contributed by atoms with E-state index in [2.05, 4.69) is 34.6 Å². The van der Waals surface area contributed by atoms with Crippen LogP contribution in [-0.4, -0.2) is 11.1 Å². The maximum atomic E-state index is 10.5. The van der Waals surface area contributed by atoms with Crippen LogP contribution in [0, 0.1) is 23.7 Å². The van der Waals surface area contributed by atoms with Crippen molar-refractivity contribution in [3.63, 3.8) is 0 Å². The third kappa shape index (κ3) is 16.3. The topological polar surface area (TPSA) is 37.3 Å². The molecule has 3 atom stereocenters. The highest BCUT2D eigenvalue weighted by molar-refractivity contribution is 5.66. The fourth-order valence-corrected chi connectivity index (χ4v) is 3.71. The normalized spacial score (nSPS) is 15.4. The van der Waals surface area contributed by atoms with E-state index in [4.69, 9.17) is 5.11 Å². The first kappa shape index (κ1) is 23.5. The summed E-state index contributed by atoms with van der Waals surface area (Å²) in [6.07, 6.45) is 14.5. The second-order valence-electron chi connectivity index (χ2n) is 8.80. The Hall–Kier alpha value is -0.530. The minimum Gasteiger partial charge on any atom is -0.481 e. The highest BCUT2D eigenvalue weighted by Gasteiger charge is 2.10. The van der Waals surface area contributed by atoms with Crippen molar-refractivity contribution in [1.82, 2.24) is 0 Å². The summed E-state index contributed by atoms with van der Waals surface area (Å²) >= 11 is 0. The molecular formula is C22H44O2. The zero-order valence-electron chi connectivity index (χ0n) is 17.2. The minimum atomic E-state index is -0.659. The molecule has 24 heavy (non-hydrogen) atoms. The molecular weight excluding hydrogens is 296 g/mol. The van der Waals surface area contributed by atoms with E-state index in [0.717, 1.165) is 30.6 Å². The van der Waals surface area contributed by atoms with Crippen molar-refractivity contribution in [3.05, 3.63) is 0 Å². The highest BCUT2D eigenvalue weighted by Crippen LogP contribution is 2.23. The molecule has 0 radical (unpaired) electrons. The van der Waals surface area contributed by atoms with E-state index < -0.39 is 5.97 Å². The number of rotatable bonds is 16. The Bertz CT molecular complexity index is 298. The van der Waals surface area contributed by atoms with Gasteiger partial charge in [-0.3, -0.25) is 4.79 Å². The average molecular weight is 341 g/mol. The summed E-state index contributed by atoms with van der Waals surface area (Å²) in [5, 5.41) is 8.69. The quantitative estimate of drug-likeness (QED) is 0.299. The van der Waals surface area contributed by atoms with Crippen LogP contribution < -0.4 is 0 Å². The van der Waals surface area contributed by atoms with Crippen LogP contribution in [-0.2, 0) is 4.79 Å². The van der Waals surface area contributed by atoms with Crippen LogP contribution in [0.2, 0.25) is 0 Å². The number of hydrogen-bond donors (Lipinski definition) is 1. The summed E-state index contributed by atoms with van der Waals surface area (Å²) in [5.41, 5.74) is 0. The largest absolute Gasteiger partial charge is 0.481 e. The molecule has 0 aliphatic rings. The molecule has 144 valence electrons. The molecule has 3 unspecified atom stereocenters. The van der Waals surface area contributed by atoms with Crippen molar-refractivity contribution in [3.8, 4) is 0 Å². The zero-order chi connectivity index (χ0) is 18.4. The van der Waals surface area contributed by atoms with E-state index in [1.165, 1.54) is 57.8 Å². The molecule has 0 fully saturated rings. The summed E-state index contributed by atoms with van der Waals surface area (Å²) in [4.78, 5) is 10.5. The van der Waals surface area contributed by atoms with Gasteiger partial charge < -0.3 is 5.11 Å². The van der Waals surface area contributed by atoms with Crippen LogP contribution in [0.5, 0.6) is 0 Å². The summed E-state index contributed by atoms with van der Waals surface area (Å²) in [7, 11) is 0. The van der Waals surface area contributed by atoms with Gasteiger partial charge in [0.25, 0.3) is 0 Å². The van der Waals surface area contributed by atoms with Crippen molar-refractivity contribution >= 4 is 5.97 Å². The lowest BCUT2D eigenvalue weighted by atomic mass is 9.89. The zero-order valence-corrected chi connectivity index (χ0v) is 17.2. The van der Waals surface area contributed by atoms with E-state index in [0.29, 0.717) is 12.3 Å². The Kier molecular flexibility index (Phi) is 14.5. The maximum absolute atomic E-state index is 10.5. The smallest absolute Gasteiger partial charge is 0.303 e. The van der Waals surface area contributed by atoms with Crippen molar-refractivity contribution in [2.75, 3.05) is 0 Å². The Morgan fingerprint density at radius 1 is 0.667 bits per heavy atom. The summed E-state index contributed by atoms with van der Waals surface area (Å²) in [5.74, 6) is 2.54. The number of hydrogen-bond acceptors (Lipinski definition) is 1. The van der Waals surface area contributed by atoms with Crippen LogP contribution in [0.3, 0.4) is 0 Å². The molecule has 0 rings (SSSR count). The Morgan fingerprint density at radius 3 is 1.71 bits per heavy atom. The first-order valence-electron chi connectivity index (χ1n) is 10.5. The fraction of sp³-hybridized carbons (Fsp3) is 0.955. The molecule has 0 amide bonds. The maximum Gasteiger partial charge on any atom is 0.303 e. The van der Waals surface area contributed by atoms with Gasteiger partial charge in [0.2, 0.25) is 0 Å².